The van der Waals surface area contributed by atoms with Crippen LogP contribution in [0.5, 0.6) is 5.75 Å². The molecule has 0 aliphatic heterocycles. The first-order valence-electron chi connectivity index (χ1n) is 6.60. The predicted octanol–water partition coefficient (Wildman–Crippen LogP) is 4.37. The number of halogens is 2. The summed E-state index contributed by atoms with van der Waals surface area (Å²) in [5.41, 5.74) is 0. The molecule has 2 aromatic rings. The molecule has 1 aromatic heterocycles. The third-order valence-electron chi connectivity index (χ3n) is 3.15. The lowest BCUT2D eigenvalue weighted by Crippen LogP contribution is -2.14. The lowest BCUT2D eigenvalue weighted by Gasteiger charge is -2.06. The van der Waals surface area contributed by atoms with Crippen molar-refractivity contribution in [1.29, 1.82) is 0 Å². The molecule has 0 atom stereocenters. The second-order valence-corrected chi connectivity index (χ2v) is 6.52. The quantitative estimate of drug-likeness (QED) is 0.855. The summed E-state index contributed by atoms with van der Waals surface area (Å²) in [5.74, 6) is -0.301. The van der Waals surface area contributed by atoms with Crippen LogP contribution in [-0.2, 0) is 13.2 Å². The molecule has 1 N–H and O–H groups in total. The molecule has 0 amide bonds. The minimum Gasteiger partial charge on any atom is -0.485 e. The SMILES string of the molecule is Fc1c(Cl)cccc1OCc1ccc(CNC2CC2)s1. The zero-order valence-electron chi connectivity index (χ0n) is 10.9. The van der Waals surface area contributed by atoms with Crippen LogP contribution in [0.1, 0.15) is 22.6 Å². The summed E-state index contributed by atoms with van der Waals surface area (Å²) in [5, 5.41) is 3.55. The third kappa shape index (κ3) is 3.51. The van der Waals surface area contributed by atoms with Gasteiger partial charge in [0, 0.05) is 22.3 Å². The zero-order valence-corrected chi connectivity index (χ0v) is 12.4. The van der Waals surface area contributed by atoms with E-state index in [1.807, 2.05) is 6.07 Å². The molecule has 1 aromatic carbocycles. The standard InChI is InChI=1S/C15H15ClFNOS/c16-13-2-1-3-14(15(13)17)19-9-12-7-6-11(20-12)8-18-10-4-5-10/h1-3,6-7,10,18H,4-5,8-9H2. The van der Waals surface area contributed by atoms with Crippen molar-refractivity contribution < 1.29 is 9.13 Å². The predicted molar refractivity (Wildman–Crippen MR) is 79.9 cm³/mol. The highest BCUT2D eigenvalue weighted by atomic mass is 35.5. The molecule has 1 fully saturated rings. The molecule has 0 radical (unpaired) electrons. The molecule has 5 heteroatoms. The van der Waals surface area contributed by atoms with Crippen molar-refractivity contribution in [2.24, 2.45) is 0 Å². The van der Waals surface area contributed by atoms with E-state index < -0.39 is 5.82 Å². The van der Waals surface area contributed by atoms with Crippen LogP contribution >= 0.6 is 22.9 Å². The Labute approximate surface area is 126 Å². The second-order valence-electron chi connectivity index (χ2n) is 4.86. The Kier molecular flexibility index (Phi) is 4.24. The third-order valence-corrected chi connectivity index (χ3v) is 4.50. The van der Waals surface area contributed by atoms with Gasteiger partial charge in [0.05, 0.1) is 5.02 Å². The molecular formula is C15H15ClFNOS. The first kappa shape index (κ1) is 13.9. The molecule has 106 valence electrons. The Balaban J connectivity index is 1.56. The Morgan fingerprint density at radius 1 is 1.25 bits per heavy atom. The van der Waals surface area contributed by atoms with Crippen LogP contribution < -0.4 is 10.1 Å². The highest BCUT2D eigenvalue weighted by molar-refractivity contribution is 7.11. The van der Waals surface area contributed by atoms with Crippen molar-refractivity contribution in [2.45, 2.75) is 32.0 Å². The van der Waals surface area contributed by atoms with Crippen LogP contribution in [0.3, 0.4) is 0 Å². The number of rotatable bonds is 6. The Morgan fingerprint density at radius 3 is 2.85 bits per heavy atom. The average molecular weight is 312 g/mol. The lowest BCUT2D eigenvalue weighted by atomic mass is 10.3. The van der Waals surface area contributed by atoms with E-state index in [-0.39, 0.29) is 10.8 Å². The summed E-state index contributed by atoms with van der Waals surface area (Å²) in [6.45, 7) is 1.27. The number of ether oxygens (including phenoxy) is 1. The van der Waals surface area contributed by atoms with E-state index in [1.54, 1.807) is 23.5 Å². The normalized spacial score (nSPS) is 14.5. The Bertz CT molecular complexity index is 597. The molecule has 1 heterocycles. The molecule has 20 heavy (non-hydrogen) atoms. The highest BCUT2D eigenvalue weighted by Crippen LogP contribution is 2.26. The van der Waals surface area contributed by atoms with E-state index in [1.165, 1.54) is 23.8 Å². The number of nitrogens with one attached hydrogen (secondary N) is 1. The van der Waals surface area contributed by atoms with Gasteiger partial charge in [0.15, 0.2) is 11.6 Å². The topological polar surface area (TPSA) is 21.3 Å². The monoisotopic (exact) mass is 311 g/mol. The van der Waals surface area contributed by atoms with Crippen molar-refractivity contribution >= 4 is 22.9 Å². The fourth-order valence-corrected chi connectivity index (χ4v) is 2.92. The van der Waals surface area contributed by atoms with Crippen LogP contribution in [-0.4, -0.2) is 6.04 Å². The molecule has 0 unspecified atom stereocenters. The van der Waals surface area contributed by atoms with Crippen LogP contribution in [0, 0.1) is 5.82 Å². The summed E-state index contributed by atoms with van der Waals surface area (Å²) in [6.07, 6.45) is 2.57. The van der Waals surface area contributed by atoms with Crippen LogP contribution in [0.4, 0.5) is 4.39 Å². The maximum absolute atomic E-state index is 13.7. The van der Waals surface area contributed by atoms with Gasteiger partial charge in [-0.3, -0.25) is 0 Å². The summed E-state index contributed by atoms with van der Waals surface area (Å²) in [4.78, 5) is 2.36. The van der Waals surface area contributed by atoms with Gasteiger partial charge in [-0.1, -0.05) is 17.7 Å². The number of thiophene rings is 1. The van der Waals surface area contributed by atoms with E-state index in [9.17, 15) is 4.39 Å². The molecule has 0 bridgehead atoms. The highest BCUT2D eigenvalue weighted by Gasteiger charge is 2.20. The Hall–Kier alpha value is -1.10. The van der Waals surface area contributed by atoms with Crippen molar-refractivity contribution in [2.75, 3.05) is 0 Å². The van der Waals surface area contributed by atoms with Crippen molar-refractivity contribution in [3.63, 3.8) is 0 Å². The first-order valence-corrected chi connectivity index (χ1v) is 7.79. The van der Waals surface area contributed by atoms with Gasteiger partial charge < -0.3 is 10.1 Å². The average Bonchev–Trinajstić information content (AvgIpc) is 3.17. The van der Waals surface area contributed by atoms with E-state index in [0.717, 1.165) is 11.4 Å². The largest absolute Gasteiger partial charge is 0.485 e. The molecule has 1 saturated carbocycles. The van der Waals surface area contributed by atoms with Gasteiger partial charge in [0.25, 0.3) is 0 Å². The van der Waals surface area contributed by atoms with E-state index in [0.29, 0.717) is 12.6 Å². The fourth-order valence-electron chi connectivity index (χ4n) is 1.87. The van der Waals surface area contributed by atoms with Crippen molar-refractivity contribution in [3.8, 4) is 5.75 Å². The molecule has 3 rings (SSSR count). The number of hydrogen-bond donors (Lipinski definition) is 1. The van der Waals surface area contributed by atoms with E-state index in [4.69, 9.17) is 16.3 Å². The first-order chi connectivity index (χ1) is 9.72. The van der Waals surface area contributed by atoms with Gasteiger partial charge in [-0.25, -0.2) is 4.39 Å². The molecule has 2 nitrogen and oxygen atoms in total. The molecule has 0 saturated heterocycles. The summed E-state index contributed by atoms with van der Waals surface area (Å²) < 4.78 is 19.1. The summed E-state index contributed by atoms with van der Waals surface area (Å²) >= 11 is 7.40. The van der Waals surface area contributed by atoms with Crippen LogP contribution in [0.2, 0.25) is 5.02 Å². The molecule has 0 spiro atoms. The van der Waals surface area contributed by atoms with Crippen molar-refractivity contribution in [3.05, 3.63) is 50.9 Å². The minimum absolute atomic E-state index is 0.0861. The maximum Gasteiger partial charge on any atom is 0.183 e. The number of hydrogen-bond acceptors (Lipinski definition) is 3. The van der Waals surface area contributed by atoms with Gasteiger partial charge in [-0.05, 0) is 37.1 Å². The van der Waals surface area contributed by atoms with Gasteiger partial charge in [0.1, 0.15) is 6.61 Å². The van der Waals surface area contributed by atoms with Gasteiger partial charge in [-0.15, -0.1) is 11.3 Å². The second kappa shape index (κ2) is 6.12. The van der Waals surface area contributed by atoms with Gasteiger partial charge >= 0.3 is 0 Å². The zero-order chi connectivity index (χ0) is 13.9. The maximum atomic E-state index is 13.7. The lowest BCUT2D eigenvalue weighted by molar-refractivity contribution is 0.293. The fraction of sp³-hybridized carbons (Fsp3) is 0.333. The Morgan fingerprint density at radius 2 is 2.05 bits per heavy atom. The van der Waals surface area contributed by atoms with E-state index >= 15 is 0 Å². The molecule has 1 aliphatic carbocycles. The van der Waals surface area contributed by atoms with Gasteiger partial charge in [0.2, 0.25) is 0 Å². The smallest absolute Gasteiger partial charge is 0.183 e. The van der Waals surface area contributed by atoms with Crippen LogP contribution in [0.15, 0.2) is 30.3 Å². The van der Waals surface area contributed by atoms with Crippen molar-refractivity contribution in [1.82, 2.24) is 5.32 Å². The molecule has 1 aliphatic rings. The molecular weight excluding hydrogens is 297 g/mol. The number of benzene rings is 1. The summed E-state index contributed by atoms with van der Waals surface area (Å²) in [6, 6.07) is 9.60. The summed E-state index contributed by atoms with van der Waals surface area (Å²) in [7, 11) is 0. The van der Waals surface area contributed by atoms with Crippen LogP contribution in [0.25, 0.3) is 0 Å². The van der Waals surface area contributed by atoms with Gasteiger partial charge in [-0.2, -0.15) is 0 Å². The minimum atomic E-state index is -0.499. The van der Waals surface area contributed by atoms with E-state index in [2.05, 4.69) is 11.4 Å².